The zero-order valence-electron chi connectivity index (χ0n) is 14.6. The van der Waals surface area contributed by atoms with Gasteiger partial charge in [0.2, 0.25) is 5.91 Å². The summed E-state index contributed by atoms with van der Waals surface area (Å²) < 4.78 is 27.6. The summed E-state index contributed by atoms with van der Waals surface area (Å²) >= 11 is 4.41. The predicted molar refractivity (Wildman–Crippen MR) is 109 cm³/mol. The largest absolute Gasteiger partial charge is 0.371 e. The first kappa shape index (κ1) is 20.7. The van der Waals surface area contributed by atoms with E-state index < -0.39 is 14.9 Å². The van der Waals surface area contributed by atoms with Gasteiger partial charge in [-0.25, -0.2) is 8.42 Å². The number of piperazine rings is 1. The van der Waals surface area contributed by atoms with E-state index in [9.17, 15) is 23.3 Å². The summed E-state index contributed by atoms with van der Waals surface area (Å²) in [5, 5.41) is 13.8. The van der Waals surface area contributed by atoms with Gasteiger partial charge in [0.05, 0.1) is 15.3 Å². The van der Waals surface area contributed by atoms with E-state index in [1.807, 2.05) is 0 Å². The number of sulfonamides is 1. The van der Waals surface area contributed by atoms with Gasteiger partial charge in [-0.3, -0.25) is 14.9 Å². The van der Waals surface area contributed by atoms with Crippen LogP contribution in [-0.2, 0) is 14.8 Å². The van der Waals surface area contributed by atoms with Gasteiger partial charge in [0, 0.05) is 32.2 Å². The number of thiophene rings is 1. The molecule has 0 saturated carbocycles. The Kier molecular flexibility index (Phi) is 6.33. The first-order valence-corrected chi connectivity index (χ1v) is 11.3. The number of para-hydroxylation sites is 2. The Hall–Kier alpha value is -2.02. The fourth-order valence-electron chi connectivity index (χ4n) is 2.81. The maximum absolute atomic E-state index is 12.6. The number of amides is 1. The van der Waals surface area contributed by atoms with Gasteiger partial charge in [-0.05, 0) is 34.1 Å². The molecule has 2 aromatic rings. The Morgan fingerprint density at radius 2 is 1.86 bits per heavy atom. The average molecular weight is 489 g/mol. The van der Waals surface area contributed by atoms with Crippen LogP contribution in [0.2, 0.25) is 0 Å². The monoisotopic (exact) mass is 488 g/mol. The number of benzene rings is 1. The highest BCUT2D eigenvalue weighted by molar-refractivity contribution is 9.11. The molecular formula is C16H17BrN4O5S2. The molecule has 0 atom stereocenters. The van der Waals surface area contributed by atoms with E-state index in [0.717, 1.165) is 15.1 Å². The second-order valence-corrected chi connectivity index (χ2v) is 10.6. The van der Waals surface area contributed by atoms with Crippen LogP contribution in [0, 0.1) is 10.1 Å². The number of carbonyl (C=O) groups is 1. The van der Waals surface area contributed by atoms with Gasteiger partial charge in [0.1, 0.15) is 9.90 Å². The van der Waals surface area contributed by atoms with Crippen molar-refractivity contribution in [1.29, 1.82) is 0 Å². The van der Waals surface area contributed by atoms with Gasteiger partial charge in [-0.1, -0.05) is 12.1 Å². The number of nitro groups is 1. The molecule has 1 aliphatic rings. The lowest BCUT2D eigenvalue weighted by molar-refractivity contribution is -0.383. The number of carbonyl (C=O) groups excluding carboxylic acids is 1. The normalized spacial score (nSPS) is 15.4. The molecule has 12 heteroatoms. The minimum Gasteiger partial charge on any atom is -0.371 e. The lowest BCUT2D eigenvalue weighted by atomic mass is 10.2. The lowest BCUT2D eigenvalue weighted by Crippen LogP contribution is -2.51. The molecule has 1 amide bonds. The Morgan fingerprint density at radius 1 is 1.18 bits per heavy atom. The molecule has 1 fully saturated rings. The van der Waals surface area contributed by atoms with Gasteiger partial charge in [0.25, 0.3) is 15.7 Å². The highest BCUT2D eigenvalue weighted by Gasteiger charge is 2.31. The van der Waals surface area contributed by atoms with Crippen LogP contribution in [0.3, 0.4) is 0 Å². The fraction of sp³-hybridized carbons (Fsp3) is 0.312. The molecule has 0 aliphatic carbocycles. The van der Waals surface area contributed by atoms with E-state index in [-0.39, 0.29) is 54.2 Å². The lowest BCUT2D eigenvalue weighted by Gasteiger charge is -2.33. The second-order valence-electron chi connectivity index (χ2n) is 5.97. The van der Waals surface area contributed by atoms with Crippen molar-refractivity contribution in [3.63, 3.8) is 0 Å². The van der Waals surface area contributed by atoms with Crippen LogP contribution in [0.1, 0.15) is 0 Å². The Bertz CT molecular complexity index is 986. The predicted octanol–water partition coefficient (Wildman–Crippen LogP) is 2.36. The molecule has 0 radical (unpaired) electrons. The number of hydrogen-bond acceptors (Lipinski definition) is 7. The molecule has 0 spiro atoms. The van der Waals surface area contributed by atoms with Crippen molar-refractivity contribution in [1.82, 2.24) is 9.21 Å². The molecule has 2 heterocycles. The third-order valence-electron chi connectivity index (χ3n) is 4.26. The molecule has 1 aliphatic heterocycles. The SMILES string of the molecule is O=C(CNc1ccccc1[N+](=O)[O-])N1CCN(S(=O)(=O)c2ccc(Br)s2)CC1. The van der Waals surface area contributed by atoms with E-state index in [1.54, 1.807) is 29.2 Å². The molecule has 1 N–H and O–H groups in total. The first-order chi connectivity index (χ1) is 13.3. The van der Waals surface area contributed by atoms with E-state index in [1.165, 1.54) is 16.4 Å². The Labute approximate surface area is 174 Å². The Balaban J connectivity index is 1.56. The van der Waals surface area contributed by atoms with Crippen molar-refractivity contribution >= 4 is 54.6 Å². The summed E-state index contributed by atoms with van der Waals surface area (Å²) in [4.78, 5) is 24.5. The zero-order valence-corrected chi connectivity index (χ0v) is 17.8. The van der Waals surface area contributed by atoms with Gasteiger partial charge in [0.15, 0.2) is 0 Å². The molecule has 28 heavy (non-hydrogen) atoms. The molecule has 0 bridgehead atoms. The first-order valence-electron chi connectivity index (χ1n) is 8.29. The molecule has 3 rings (SSSR count). The summed E-state index contributed by atoms with van der Waals surface area (Å²) in [6.45, 7) is 0.839. The van der Waals surface area contributed by atoms with Crippen molar-refractivity contribution in [2.24, 2.45) is 0 Å². The summed E-state index contributed by atoms with van der Waals surface area (Å²) in [5.41, 5.74) is 0.165. The maximum atomic E-state index is 12.6. The summed E-state index contributed by atoms with van der Waals surface area (Å²) in [5.74, 6) is -0.242. The van der Waals surface area contributed by atoms with Crippen LogP contribution in [0.25, 0.3) is 0 Å². The summed E-state index contributed by atoms with van der Waals surface area (Å²) in [6, 6.07) is 9.34. The quantitative estimate of drug-likeness (QED) is 0.493. The maximum Gasteiger partial charge on any atom is 0.292 e. The van der Waals surface area contributed by atoms with Gasteiger partial charge < -0.3 is 10.2 Å². The number of rotatable bonds is 6. The molecule has 1 aromatic heterocycles. The summed E-state index contributed by atoms with van der Waals surface area (Å²) in [7, 11) is -3.57. The van der Waals surface area contributed by atoms with Crippen LogP contribution in [0.5, 0.6) is 0 Å². The van der Waals surface area contributed by atoms with E-state index >= 15 is 0 Å². The van der Waals surface area contributed by atoms with Crippen molar-refractivity contribution in [3.05, 3.63) is 50.3 Å². The van der Waals surface area contributed by atoms with Gasteiger partial charge in [-0.2, -0.15) is 4.31 Å². The second kappa shape index (κ2) is 8.55. The molecule has 9 nitrogen and oxygen atoms in total. The number of hydrogen-bond donors (Lipinski definition) is 1. The number of anilines is 1. The smallest absolute Gasteiger partial charge is 0.292 e. The van der Waals surface area contributed by atoms with Crippen molar-refractivity contribution in [2.45, 2.75) is 4.21 Å². The van der Waals surface area contributed by atoms with Crippen LogP contribution in [-0.4, -0.2) is 61.2 Å². The molecule has 1 saturated heterocycles. The van der Waals surface area contributed by atoms with Crippen LogP contribution >= 0.6 is 27.3 Å². The number of nitro benzene ring substituents is 1. The average Bonchev–Trinajstić information content (AvgIpc) is 3.13. The fourth-order valence-corrected chi connectivity index (χ4v) is 6.39. The van der Waals surface area contributed by atoms with Crippen molar-refractivity contribution in [2.75, 3.05) is 38.0 Å². The number of nitrogens with zero attached hydrogens (tertiary/aromatic N) is 3. The van der Waals surface area contributed by atoms with Crippen LogP contribution in [0.4, 0.5) is 11.4 Å². The zero-order chi connectivity index (χ0) is 20.3. The molecular weight excluding hydrogens is 472 g/mol. The van der Waals surface area contributed by atoms with Crippen molar-refractivity contribution in [3.8, 4) is 0 Å². The highest BCUT2D eigenvalue weighted by Crippen LogP contribution is 2.29. The Morgan fingerprint density at radius 3 is 2.46 bits per heavy atom. The highest BCUT2D eigenvalue weighted by atomic mass is 79.9. The number of halogens is 1. The topological polar surface area (TPSA) is 113 Å². The standard InChI is InChI=1S/C16H17BrN4O5S2/c17-14-5-6-16(27-14)28(25,26)20-9-7-19(8-10-20)15(22)11-18-12-3-1-2-4-13(12)21(23)24/h1-6,18H,7-11H2. The van der Waals surface area contributed by atoms with Gasteiger partial charge >= 0.3 is 0 Å². The summed E-state index contributed by atoms with van der Waals surface area (Å²) in [6.07, 6.45) is 0. The minimum atomic E-state index is -3.57. The van der Waals surface area contributed by atoms with Crippen LogP contribution < -0.4 is 5.32 Å². The number of nitrogens with one attached hydrogen (secondary N) is 1. The third kappa shape index (κ3) is 4.51. The third-order valence-corrected chi connectivity index (χ3v) is 8.25. The van der Waals surface area contributed by atoms with E-state index in [4.69, 9.17) is 0 Å². The van der Waals surface area contributed by atoms with E-state index in [0.29, 0.717) is 0 Å². The van der Waals surface area contributed by atoms with Crippen molar-refractivity contribution < 1.29 is 18.1 Å². The van der Waals surface area contributed by atoms with E-state index in [2.05, 4.69) is 21.2 Å². The van der Waals surface area contributed by atoms with Crippen LogP contribution in [0.15, 0.2) is 44.4 Å². The molecule has 1 aromatic carbocycles. The molecule has 150 valence electrons. The van der Waals surface area contributed by atoms with Gasteiger partial charge in [-0.15, -0.1) is 11.3 Å². The molecule has 0 unspecified atom stereocenters. The minimum absolute atomic E-state index is 0.102.